The van der Waals surface area contributed by atoms with Crippen molar-refractivity contribution in [3.8, 4) is 0 Å². The topological polar surface area (TPSA) is 48.0 Å². The molecule has 1 aromatic rings. The summed E-state index contributed by atoms with van der Waals surface area (Å²) in [6, 6.07) is 3.89. The van der Waals surface area contributed by atoms with Gasteiger partial charge in [-0.05, 0) is 61.3 Å². The van der Waals surface area contributed by atoms with Crippen LogP contribution < -0.4 is 4.72 Å². The maximum absolute atomic E-state index is 11.9. The van der Waals surface area contributed by atoms with E-state index < -0.39 is 11.4 Å². The Kier molecular flexibility index (Phi) is 4.79. The largest absolute Gasteiger partial charge is 0.598 e. The lowest BCUT2D eigenvalue weighted by Gasteiger charge is -2.26. The molecule has 0 bridgehead atoms. The molecule has 3 nitrogen and oxygen atoms in total. The van der Waals surface area contributed by atoms with E-state index in [1.54, 1.807) is 6.20 Å². The lowest BCUT2D eigenvalue weighted by atomic mass is 10.1. The minimum Gasteiger partial charge on any atom is -0.598 e. The molecule has 5 heteroatoms. The first-order valence-electron chi connectivity index (χ1n) is 5.10. The molecular weight excluding hydrogens is 288 g/mol. The van der Waals surface area contributed by atoms with Crippen molar-refractivity contribution in [1.82, 2.24) is 9.71 Å². The highest BCUT2D eigenvalue weighted by Crippen LogP contribution is 2.20. The number of pyridine rings is 1. The first-order chi connectivity index (χ1) is 7.30. The maximum atomic E-state index is 11.9. The minimum atomic E-state index is -1.06. The zero-order chi connectivity index (χ0) is 12.3. The molecular formula is C11H17BrN2OS. The van der Waals surface area contributed by atoms with Crippen LogP contribution >= 0.6 is 15.9 Å². The number of hydrogen-bond acceptors (Lipinski definition) is 3. The third-order valence-corrected chi connectivity index (χ3v) is 4.20. The van der Waals surface area contributed by atoms with Crippen molar-refractivity contribution in [3.63, 3.8) is 0 Å². The molecule has 1 rings (SSSR count). The predicted molar refractivity (Wildman–Crippen MR) is 71.4 cm³/mol. The van der Waals surface area contributed by atoms with Crippen LogP contribution in [0, 0.1) is 0 Å². The van der Waals surface area contributed by atoms with Gasteiger partial charge in [0.15, 0.2) is 0 Å². The highest BCUT2D eigenvalue weighted by Gasteiger charge is 2.28. The Hall–Kier alpha value is -0.100. The molecule has 0 spiro atoms. The van der Waals surface area contributed by atoms with Crippen LogP contribution in [0.3, 0.4) is 0 Å². The van der Waals surface area contributed by atoms with Crippen molar-refractivity contribution >= 4 is 27.3 Å². The predicted octanol–water partition coefficient (Wildman–Crippen LogP) is 2.96. The molecule has 0 aliphatic rings. The Morgan fingerprint density at radius 1 is 1.50 bits per heavy atom. The fourth-order valence-corrected chi connectivity index (χ4v) is 2.29. The van der Waals surface area contributed by atoms with E-state index in [0.717, 1.165) is 10.2 Å². The van der Waals surface area contributed by atoms with Crippen LogP contribution in [-0.2, 0) is 11.4 Å². The summed E-state index contributed by atoms with van der Waals surface area (Å²) in [5.41, 5.74) is 1.07. The Morgan fingerprint density at radius 3 is 2.62 bits per heavy atom. The van der Waals surface area contributed by atoms with Crippen LogP contribution in [0.5, 0.6) is 0 Å². The summed E-state index contributed by atoms with van der Waals surface area (Å²) in [6.07, 6.45) is 1.73. The molecule has 2 atom stereocenters. The minimum absolute atomic E-state index is 0.0411. The molecule has 1 aromatic heterocycles. The van der Waals surface area contributed by atoms with Gasteiger partial charge in [-0.15, -0.1) is 4.72 Å². The fourth-order valence-electron chi connectivity index (χ4n) is 1.09. The van der Waals surface area contributed by atoms with Crippen LogP contribution in [-0.4, -0.2) is 14.3 Å². The number of nitrogens with one attached hydrogen (secondary N) is 1. The molecule has 0 radical (unpaired) electrons. The van der Waals surface area contributed by atoms with E-state index in [2.05, 4.69) is 25.6 Å². The molecule has 1 N–H and O–H groups in total. The fraction of sp³-hybridized carbons (Fsp3) is 0.545. The van der Waals surface area contributed by atoms with Crippen LogP contribution in [0.2, 0.25) is 0 Å². The molecule has 90 valence electrons. The van der Waals surface area contributed by atoms with Gasteiger partial charge in [-0.2, -0.15) is 0 Å². The molecule has 0 aliphatic heterocycles. The molecule has 0 unspecified atom stereocenters. The maximum Gasteiger partial charge on any atom is 0.136 e. The standard InChI is InChI=1S/C11H17BrN2OS/c1-8(14-16(15)11(2,3)4)9-5-6-13-10(12)7-9/h5-8,14H,1-4H3/t8-,16+/m0/s1. The van der Waals surface area contributed by atoms with Gasteiger partial charge in [0, 0.05) is 17.6 Å². The monoisotopic (exact) mass is 304 g/mol. The van der Waals surface area contributed by atoms with E-state index in [1.807, 2.05) is 39.8 Å². The highest BCUT2D eigenvalue weighted by atomic mass is 79.9. The van der Waals surface area contributed by atoms with Gasteiger partial charge in [-0.3, -0.25) is 0 Å². The van der Waals surface area contributed by atoms with E-state index in [4.69, 9.17) is 0 Å². The number of aromatic nitrogens is 1. The zero-order valence-electron chi connectivity index (χ0n) is 9.95. The third-order valence-electron chi connectivity index (χ3n) is 2.09. The van der Waals surface area contributed by atoms with Gasteiger partial charge < -0.3 is 4.55 Å². The molecule has 1 heterocycles. The number of rotatable bonds is 3. The van der Waals surface area contributed by atoms with Gasteiger partial charge in [-0.1, -0.05) is 0 Å². The first kappa shape index (κ1) is 14.0. The van der Waals surface area contributed by atoms with Crippen LogP contribution in [0.25, 0.3) is 0 Å². The van der Waals surface area contributed by atoms with E-state index in [9.17, 15) is 4.55 Å². The van der Waals surface area contributed by atoms with Crippen LogP contribution in [0.15, 0.2) is 22.9 Å². The van der Waals surface area contributed by atoms with Gasteiger partial charge >= 0.3 is 0 Å². The number of nitrogens with zero attached hydrogens (tertiary/aromatic N) is 1. The normalized spacial score (nSPS) is 15.9. The first-order valence-corrected chi connectivity index (χ1v) is 7.04. The van der Waals surface area contributed by atoms with Crippen molar-refractivity contribution in [1.29, 1.82) is 0 Å². The van der Waals surface area contributed by atoms with Crippen molar-refractivity contribution in [2.45, 2.75) is 38.5 Å². The summed E-state index contributed by atoms with van der Waals surface area (Å²) in [5.74, 6) is 0. The molecule has 0 amide bonds. The Labute approximate surface area is 108 Å². The molecule has 0 saturated heterocycles. The van der Waals surface area contributed by atoms with Crippen LogP contribution in [0.1, 0.15) is 39.3 Å². The van der Waals surface area contributed by atoms with Gasteiger partial charge in [0.1, 0.15) is 9.35 Å². The molecule has 0 fully saturated rings. The summed E-state index contributed by atoms with van der Waals surface area (Å²) in [4.78, 5) is 4.06. The van der Waals surface area contributed by atoms with E-state index in [-0.39, 0.29) is 10.8 Å². The average molecular weight is 305 g/mol. The molecule has 0 aliphatic carbocycles. The summed E-state index contributed by atoms with van der Waals surface area (Å²) < 4.78 is 15.5. The van der Waals surface area contributed by atoms with Gasteiger partial charge in [0.05, 0.1) is 6.04 Å². The SMILES string of the molecule is C[C@H](N[S@+]([O-])C(C)(C)C)c1ccnc(Br)c1. The second kappa shape index (κ2) is 5.49. The lowest BCUT2D eigenvalue weighted by molar-refractivity contribution is 0.531. The Morgan fingerprint density at radius 2 is 2.12 bits per heavy atom. The van der Waals surface area contributed by atoms with Gasteiger partial charge in [0.25, 0.3) is 0 Å². The third kappa shape index (κ3) is 4.05. The highest BCUT2D eigenvalue weighted by molar-refractivity contribution is 9.10. The number of hydrogen-bond donors (Lipinski definition) is 1. The molecule has 0 aromatic carbocycles. The molecule has 16 heavy (non-hydrogen) atoms. The van der Waals surface area contributed by atoms with E-state index in [1.165, 1.54) is 0 Å². The Bertz CT molecular complexity index is 354. The van der Waals surface area contributed by atoms with E-state index in [0.29, 0.717) is 0 Å². The van der Waals surface area contributed by atoms with Gasteiger partial charge in [-0.25, -0.2) is 4.98 Å². The summed E-state index contributed by atoms with van der Waals surface area (Å²) in [7, 11) is 0. The van der Waals surface area contributed by atoms with E-state index >= 15 is 0 Å². The van der Waals surface area contributed by atoms with Crippen molar-refractivity contribution < 1.29 is 4.55 Å². The second-order valence-electron chi connectivity index (χ2n) is 4.63. The van der Waals surface area contributed by atoms with Crippen LogP contribution in [0.4, 0.5) is 0 Å². The van der Waals surface area contributed by atoms with Gasteiger partial charge in [0.2, 0.25) is 0 Å². The smallest absolute Gasteiger partial charge is 0.136 e. The quantitative estimate of drug-likeness (QED) is 0.690. The average Bonchev–Trinajstić information content (AvgIpc) is 2.16. The summed E-state index contributed by atoms with van der Waals surface area (Å²) in [5, 5.41) is 0. The number of halogens is 1. The summed E-state index contributed by atoms with van der Waals surface area (Å²) in [6.45, 7) is 7.84. The second-order valence-corrected chi connectivity index (χ2v) is 7.44. The molecule has 0 saturated carbocycles. The summed E-state index contributed by atoms with van der Waals surface area (Å²) >= 11 is 2.26. The zero-order valence-corrected chi connectivity index (χ0v) is 12.4. The van der Waals surface area contributed by atoms with Crippen molar-refractivity contribution in [2.75, 3.05) is 0 Å². The van der Waals surface area contributed by atoms with Crippen molar-refractivity contribution in [2.24, 2.45) is 0 Å². The Balaban J connectivity index is 2.69. The lowest BCUT2D eigenvalue weighted by Crippen LogP contribution is -2.40. The van der Waals surface area contributed by atoms with Crippen molar-refractivity contribution in [3.05, 3.63) is 28.5 Å².